The lowest BCUT2D eigenvalue weighted by atomic mass is 9.93. The molecule has 98 valence electrons. The van der Waals surface area contributed by atoms with E-state index in [1.165, 1.54) is 12.1 Å². The zero-order chi connectivity index (χ0) is 13.6. The molecule has 2 nitrogen and oxygen atoms in total. The van der Waals surface area contributed by atoms with Crippen molar-refractivity contribution in [2.24, 2.45) is 5.92 Å². The second-order valence-corrected chi connectivity index (χ2v) is 5.39. The predicted molar refractivity (Wildman–Crippen MR) is 63.9 cm³/mol. The van der Waals surface area contributed by atoms with Gasteiger partial charge in [0, 0.05) is 6.42 Å². The summed E-state index contributed by atoms with van der Waals surface area (Å²) in [6.07, 6.45) is 0.260. The molecule has 0 spiro atoms. The minimum atomic E-state index is -3.13. The van der Waals surface area contributed by atoms with Gasteiger partial charge < -0.3 is 5.11 Å². The SMILES string of the molecule is CC(C)Cc1ccc(C2(C(=O)O)CC2(F)F)cc1. The van der Waals surface area contributed by atoms with Crippen molar-refractivity contribution in [2.45, 2.75) is 38.0 Å². The van der Waals surface area contributed by atoms with E-state index < -0.39 is 23.7 Å². The summed E-state index contributed by atoms with van der Waals surface area (Å²) in [4.78, 5) is 11.1. The number of halogens is 2. The van der Waals surface area contributed by atoms with Crippen LogP contribution in [-0.2, 0) is 16.6 Å². The van der Waals surface area contributed by atoms with E-state index in [1.807, 2.05) is 0 Å². The number of rotatable bonds is 4. The molecule has 18 heavy (non-hydrogen) atoms. The fourth-order valence-corrected chi connectivity index (χ4v) is 2.35. The second kappa shape index (κ2) is 4.04. The van der Waals surface area contributed by atoms with Crippen molar-refractivity contribution in [1.29, 1.82) is 0 Å². The van der Waals surface area contributed by atoms with Gasteiger partial charge in [-0.15, -0.1) is 0 Å². The molecular formula is C14H16F2O2. The van der Waals surface area contributed by atoms with Crippen molar-refractivity contribution in [3.8, 4) is 0 Å². The van der Waals surface area contributed by atoms with Crippen molar-refractivity contribution >= 4 is 5.97 Å². The van der Waals surface area contributed by atoms with Crippen molar-refractivity contribution in [3.05, 3.63) is 35.4 Å². The molecule has 2 rings (SSSR count). The molecule has 0 amide bonds. The molecule has 0 heterocycles. The molecule has 1 unspecified atom stereocenters. The van der Waals surface area contributed by atoms with Crippen LogP contribution < -0.4 is 0 Å². The normalized spacial score (nSPS) is 25.2. The third-order valence-corrected chi connectivity index (χ3v) is 3.44. The van der Waals surface area contributed by atoms with E-state index in [9.17, 15) is 13.6 Å². The molecule has 1 atom stereocenters. The molecule has 4 heteroatoms. The highest BCUT2D eigenvalue weighted by Gasteiger charge is 2.77. The van der Waals surface area contributed by atoms with Crippen LogP contribution in [0.15, 0.2) is 24.3 Å². The number of aliphatic carboxylic acids is 1. The lowest BCUT2D eigenvalue weighted by Crippen LogP contribution is -2.27. The smallest absolute Gasteiger partial charge is 0.320 e. The van der Waals surface area contributed by atoms with Crippen LogP contribution in [0.1, 0.15) is 31.4 Å². The fourth-order valence-electron chi connectivity index (χ4n) is 2.35. The molecular weight excluding hydrogens is 238 g/mol. The Labute approximate surface area is 105 Å². The molecule has 1 aliphatic carbocycles. The summed E-state index contributed by atoms with van der Waals surface area (Å²) in [5.41, 5.74) is -0.755. The van der Waals surface area contributed by atoms with Crippen LogP contribution in [0.25, 0.3) is 0 Å². The molecule has 1 saturated carbocycles. The topological polar surface area (TPSA) is 37.3 Å². The molecule has 0 aliphatic heterocycles. The van der Waals surface area contributed by atoms with Gasteiger partial charge in [0.1, 0.15) is 0 Å². The molecule has 1 aromatic rings. The molecule has 1 fully saturated rings. The van der Waals surface area contributed by atoms with Gasteiger partial charge in [-0.2, -0.15) is 0 Å². The summed E-state index contributed by atoms with van der Waals surface area (Å²) in [5, 5.41) is 9.03. The van der Waals surface area contributed by atoms with Gasteiger partial charge in [-0.25, -0.2) is 8.78 Å². The number of hydrogen-bond donors (Lipinski definition) is 1. The van der Waals surface area contributed by atoms with Crippen LogP contribution in [0.3, 0.4) is 0 Å². The zero-order valence-corrected chi connectivity index (χ0v) is 10.4. The van der Waals surface area contributed by atoms with Crippen LogP contribution in [0.4, 0.5) is 8.78 Å². The highest BCUT2D eigenvalue weighted by atomic mass is 19.3. The Morgan fingerprint density at radius 2 is 1.83 bits per heavy atom. The minimum Gasteiger partial charge on any atom is -0.480 e. The summed E-state index contributed by atoms with van der Waals surface area (Å²) in [6, 6.07) is 6.53. The Hall–Kier alpha value is -1.45. The van der Waals surface area contributed by atoms with Gasteiger partial charge in [0.25, 0.3) is 5.92 Å². The summed E-state index contributed by atoms with van der Waals surface area (Å²) in [5.74, 6) is -4.09. The number of benzene rings is 1. The van der Waals surface area contributed by atoms with E-state index >= 15 is 0 Å². The molecule has 0 aromatic heterocycles. The highest BCUT2D eigenvalue weighted by Crippen LogP contribution is 2.61. The molecule has 0 radical (unpaired) electrons. The second-order valence-electron chi connectivity index (χ2n) is 5.39. The van der Waals surface area contributed by atoms with Crippen LogP contribution in [-0.4, -0.2) is 17.0 Å². The van der Waals surface area contributed by atoms with E-state index in [0.717, 1.165) is 12.0 Å². The Morgan fingerprint density at radius 3 is 2.17 bits per heavy atom. The van der Waals surface area contributed by atoms with Gasteiger partial charge in [0.2, 0.25) is 0 Å². The van der Waals surface area contributed by atoms with E-state index in [-0.39, 0.29) is 5.56 Å². The van der Waals surface area contributed by atoms with Gasteiger partial charge in [0.15, 0.2) is 5.41 Å². The molecule has 0 saturated heterocycles. The van der Waals surface area contributed by atoms with Gasteiger partial charge in [-0.1, -0.05) is 38.1 Å². The van der Waals surface area contributed by atoms with Crippen LogP contribution in [0.5, 0.6) is 0 Å². The van der Waals surface area contributed by atoms with E-state index in [0.29, 0.717) is 5.92 Å². The summed E-state index contributed by atoms with van der Waals surface area (Å²) >= 11 is 0. The molecule has 0 bridgehead atoms. The van der Waals surface area contributed by atoms with Crippen molar-refractivity contribution in [3.63, 3.8) is 0 Å². The number of hydrogen-bond acceptors (Lipinski definition) is 1. The standard InChI is InChI=1S/C14H16F2O2/c1-9(2)7-10-3-5-11(6-4-10)13(12(17)18)8-14(13,15)16/h3-6,9H,7-8H2,1-2H3,(H,17,18). The zero-order valence-electron chi connectivity index (χ0n) is 10.4. The van der Waals surface area contributed by atoms with E-state index in [4.69, 9.17) is 5.11 Å². The van der Waals surface area contributed by atoms with Crippen LogP contribution in [0.2, 0.25) is 0 Å². The molecule has 1 aromatic carbocycles. The number of alkyl halides is 2. The number of carbonyl (C=O) groups is 1. The first kappa shape index (κ1) is 13.0. The van der Waals surface area contributed by atoms with E-state index in [1.54, 1.807) is 12.1 Å². The first-order valence-electron chi connectivity index (χ1n) is 6.00. The Bertz CT molecular complexity index is 465. The van der Waals surface area contributed by atoms with Gasteiger partial charge >= 0.3 is 5.97 Å². The summed E-state index contributed by atoms with van der Waals surface area (Å²) in [7, 11) is 0. The highest BCUT2D eigenvalue weighted by molar-refractivity contribution is 5.87. The molecule has 1 aliphatic rings. The third kappa shape index (κ3) is 1.89. The van der Waals surface area contributed by atoms with Crippen molar-refractivity contribution in [1.82, 2.24) is 0 Å². The van der Waals surface area contributed by atoms with Gasteiger partial charge in [-0.05, 0) is 23.5 Å². The first-order chi connectivity index (χ1) is 8.29. The average Bonchev–Trinajstić information content (AvgIpc) is 2.83. The largest absolute Gasteiger partial charge is 0.480 e. The van der Waals surface area contributed by atoms with Crippen molar-refractivity contribution < 1.29 is 18.7 Å². The maximum absolute atomic E-state index is 13.3. The van der Waals surface area contributed by atoms with Crippen molar-refractivity contribution in [2.75, 3.05) is 0 Å². The lowest BCUT2D eigenvalue weighted by Gasteiger charge is -2.13. The summed E-state index contributed by atoms with van der Waals surface area (Å²) in [6.45, 7) is 4.14. The third-order valence-electron chi connectivity index (χ3n) is 3.44. The maximum Gasteiger partial charge on any atom is 0.320 e. The molecule has 1 N–H and O–H groups in total. The average molecular weight is 254 g/mol. The van der Waals surface area contributed by atoms with Crippen LogP contribution >= 0.6 is 0 Å². The Kier molecular flexibility index (Phi) is 2.92. The minimum absolute atomic E-state index is 0.201. The quantitative estimate of drug-likeness (QED) is 0.895. The monoisotopic (exact) mass is 254 g/mol. The number of carboxylic acid groups (broad SMARTS) is 1. The maximum atomic E-state index is 13.3. The predicted octanol–water partition coefficient (Wildman–Crippen LogP) is 3.25. The first-order valence-corrected chi connectivity index (χ1v) is 6.00. The van der Waals surface area contributed by atoms with Gasteiger partial charge in [-0.3, -0.25) is 4.79 Å². The fraction of sp³-hybridized carbons (Fsp3) is 0.500. The van der Waals surface area contributed by atoms with Gasteiger partial charge in [0.05, 0.1) is 0 Å². The summed E-state index contributed by atoms with van der Waals surface area (Å²) < 4.78 is 26.6. The van der Waals surface area contributed by atoms with E-state index in [2.05, 4.69) is 13.8 Å². The van der Waals surface area contributed by atoms with Crippen LogP contribution in [0, 0.1) is 5.92 Å². The lowest BCUT2D eigenvalue weighted by molar-refractivity contribution is -0.142. The Balaban J connectivity index is 2.27. The Morgan fingerprint density at radius 1 is 1.33 bits per heavy atom. The number of carboxylic acids is 1.